The molecule has 1 fully saturated rings. The second kappa shape index (κ2) is 8.59. The van der Waals surface area contributed by atoms with Gasteiger partial charge in [0.15, 0.2) is 0 Å². The van der Waals surface area contributed by atoms with Gasteiger partial charge in [0, 0.05) is 24.0 Å². The molecule has 0 amide bonds. The van der Waals surface area contributed by atoms with Crippen LogP contribution in [0, 0.1) is 0 Å². The molecular weight excluding hydrogens is 341 g/mol. The molecule has 24 heavy (non-hydrogen) atoms. The van der Waals surface area contributed by atoms with Crippen LogP contribution in [0.3, 0.4) is 0 Å². The van der Waals surface area contributed by atoms with Crippen molar-refractivity contribution in [1.29, 1.82) is 0 Å². The van der Waals surface area contributed by atoms with Crippen molar-refractivity contribution in [3.63, 3.8) is 0 Å². The number of aromatic nitrogens is 2. The maximum Gasteiger partial charge on any atom is 1.00 e. The second-order valence-electron chi connectivity index (χ2n) is 5.06. The van der Waals surface area contributed by atoms with Crippen molar-refractivity contribution in [2.75, 3.05) is 6.54 Å². The maximum atomic E-state index is 12.0. The van der Waals surface area contributed by atoms with Crippen molar-refractivity contribution in [1.82, 2.24) is 15.1 Å². The van der Waals surface area contributed by atoms with E-state index < -0.39 is 24.2 Å². The van der Waals surface area contributed by atoms with Gasteiger partial charge in [-0.05, 0) is 29.7 Å². The van der Waals surface area contributed by atoms with E-state index in [1.807, 2.05) is 23.6 Å². The third kappa shape index (κ3) is 4.78. The summed E-state index contributed by atoms with van der Waals surface area (Å²) in [5.74, 6) is -1.19. The van der Waals surface area contributed by atoms with Crippen molar-refractivity contribution in [2.45, 2.75) is 18.6 Å². The minimum Gasteiger partial charge on any atom is -0.548 e. The summed E-state index contributed by atoms with van der Waals surface area (Å²) in [5.41, 5.74) is 0.632. The molecule has 1 saturated heterocycles. The number of nitrogens with zero attached hydrogens (tertiary/aromatic N) is 2. The van der Waals surface area contributed by atoms with E-state index >= 15 is 0 Å². The molecule has 1 N–H and O–H groups in total. The van der Waals surface area contributed by atoms with Crippen LogP contribution in [0.15, 0.2) is 29.8 Å². The summed E-state index contributed by atoms with van der Waals surface area (Å²) >= 11 is 1.61. The van der Waals surface area contributed by atoms with E-state index in [4.69, 9.17) is 4.74 Å². The summed E-state index contributed by atoms with van der Waals surface area (Å²) < 4.78 is 6.33. The second-order valence-corrected chi connectivity index (χ2v) is 6.03. The summed E-state index contributed by atoms with van der Waals surface area (Å²) in [7, 11) is 0. The average molecular weight is 355 g/mol. The third-order valence-electron chi connectivity index (χ3n) is 3.40. The molecule has 1 unspecified atom stereocenters. The Morgan fingerprint density at radius 1 is 1.42 bits per heavy atom. The summed E-state index contributed by atoms with van der Waals surface area (Å²) in [6.07, 6.45) is 4.29. The summed E-state index contributed by atoms with van der Waals surface area (Å²) in [4.78, 5) is 23.8. The molecular formula is C15H14N3NaO4S. The topological polar surface area (TPSA) is 96.3 Å². The van der Waals surface area contributed by atoms with Gasteiger partial charge in [0.1, 0.15) is 6.10 Å². The molecule has 3 heterocycles. The number of aliphatic carboxylic acids is 1. The number of carbonyl (C=O) groups excluding carboxylic acids is 2. The molecule has 1 aliphatic rings. The maximum absolute atomic E-state index is 12.0. The summed E-state index contributed by atoms with van der Waals surface area (Å²) in [6.45, 7) is 0.288. The van der Waals surface area contributed by atoms with Crippen molar-refractivity contribution < 1.29 is 49.0 Å². The molecule has 2 atom stereocenters. The van der Waals surface area contributed by atoms with Crippen molar-refractivity contribution in [2.24, 2.45) is 0 Å². The van der Waals surface area contributed by atoms with E-state index in [-0.39, 0.29) is 42.5 Å². The van der Waals surface area contributed by atoms with E-state index in [1.54, 1.807) is 23.5 Å². The van der Waals surface area contributed by atoms with Crippen LogP contribution in [0.25, 0.3) is 12.2 Å². The fourth-order valence-electron chi connectivity index (χ4n) is 2.25. The Kier molecular flexibility index (Phi) is 6.76. The number of hydrogen-bond donors (Lipinski definition) is 1. The number of thiophene rings is 1. The molecule has 0 aromatic carbocycles. The largest absolute Gasteiger partial charge is 1.00 e. The molecule has 2 aromatic rings. The Balaban J connectivity index is 0.00000208. The van der Waals surface area contributed by atoms with Crippen LogP contribution >= 0.6 is 11.3 Å². The number of carbonyl (C=O) groups is 2. The normalized spacial score (nSPS) is 20.0. The first kappa shape index (κ1) is 18.9. The predicted molar refractivity (Wildman–Crippen MR) is 82.6 cm³/mol. The number of rotatable bonds is 4. The summed E-state index contributed by atoms with van der Waals surface area (Å²) in [5, 5.41) is 19.6. The third-order valence-corrected chi connectivity index (χ3v) is 4.24. The average Bonchev–Trinajstić information content (AvgIpc) is 3.26. The van der Waals surface area contributed by atoms with Crippen LogP contribution in [0.1, 0.15) is 17.0 Å². The standard InChI is InChI=1S/C15H15N3O4S.Na/c19-14(20)13-8-11(9-16-13)22-15(21)18-6-5-10(17-18)3-4-12-2-1-7-23-12;/h1-7,11,13,16H,8-9H2,(H,19,20);/q;+1/p-1/b4-3+;/t11-,13?;/m0./s1. The van der Waals surface area contributed by atoms with Gasteiger partial charge in [0.25, 0.3) is 0 Å². The van der Waals surface area contributed by atoms with Gasteiger partial charge in [0.2, 0.25) is 0 Å². The molecule has 3 rings (SSSR count). The number of nitrogens with one attached hydrogen (secondary N) is 1. The number of carboxylic acids is 1. The first-order chi connectivity index (χ1) is 11.1. The van der Waals surface area contributed by atoms with Crippen molar-refractivity contribution in [3.8, 4) is 0 Å². The van der Waals surface area contributed by atoms with Gasteiger partial charge in [0.05, 0.1) is 17.7 Å². The van der Waals surface area contributed by atoms with Crippen LogP contribution in [-0.4, -0.2) is 40.5 Å². The Morgan fingerprint density at radius 3 is 2.92 bits per heavy atom. The zero-order valence-electron chi connectivity index (χ0n) is 13.0. The Hall–Kier alpha value is -1.45. The van der Waals surface area contributed by atoms with E-state index in [2.05, 4.69) is 10.4 Å². The van der Waals surface area contributed by atoms with Crippen molar-refractivity contribution >= 4 is 35.6 Å². The molecule has 2 aromatic heterocycles. The molecule has 7 nitrogen and oxygen atoms in total. The first-order valence-electron chi connectivity index (χ1n) is 7.04. The fraction of sp³-hybridized carbons (Fsp3) is 0.267. The van der Waals surface area contributed by atoms with Gasteiger partial charge < -0.3 is 20.0 Å². The fourth-order valence-corrected chi connectivity index (χ4v) is 2.87. The molecule has 0 spiro atoms. The van der Waals surface area contributed by atoms with Gasteiger partial charge in [-0.1, -0.05) is 6.07 Å². The van der Waals surface area contributed by atoms with Crippen molar-refractivity contribution in [3.05, 3.63) is 40.3 Å². The number of hydrogen-bond acceptors (Lipinski definition) is 7. The quantitative estimate of drug-likeness (QED) is 0.614. The van der Waals surface area contributed by atoms with E-state index in [1.165, 1.54) is 6.20 Å². The predicted octanol–water partition coefficient (Wildman–Crippen LogP) is -2.42. The van der Waals surface area contributed by atoms with E-state index in [0.717, 1.165) is 9.56 Å². The Bertz CT molecular complexity index is 729. The SMILES string of the molecule is O=C([O-])C1C[C@H](OC(=O)n2ccc(/C=C/c3cccs3)n2)CN1.[Na+]. The van der Waals surface area contributed by atoms with Gasteiger partial charge in [-0.25, -0.2) is 4.79 Å². The minimum atomic E-state index is -1.19. The molecule has 9 heteroatoms. The Labute approximate surface area is 164 Å². The molecule has 0 saturated carbocycles. The zero-order valence-corrected chi connectivity index (χ0v) is 15.9. The smallest absolute Gasteiger partial charge is 0.548 e. The zero-order chi connectivity index (χ0) is 16.2. The monoisotopic (exact) mass is 355 g/mol. The van der Waals surface area contributed by atoms with Gasteiger partial charge in [-0.2, -0.15) is 9.78 Å². The number of ether oxygens (including phenoxy) is 1. The van der Waals surface area contributed by atoms with Gasteiger partial charge in [-0.15, -0.1) is 11.3 Å². The molecule has 0 radical (unpaired) electrons. The minimum absolute atomic E-state index is 0. The molecule has 0 aliphatic carbocycles. The van der Waals surface area contributed by atoms with Crippen LogP contribution < -0.4 is 40.0 Å². The van der Waals surface area contributed by atoms with Crippen LogP contribution in [0.2, 0.25) is 0 Å². The molecule has 1 aliphatic heterocycles. The van der Waals surface area contributed by atoms with E-state index in [9.17, 15) is 14.7 Å². The van der Waals surface area contributed by atoms with Gasteiger partial charge >= 0.3 is 35.7 Å². The number of carboxylic acid groups (broad SMARTS) is 1. The molecule has 120 valence electrons. The first-order valence-corrected chi connectivity index (χ1v) is 7.92. The van der Waals surface area contributed by atoms with E-state index in [0.29, 0.717) is 5.69 Å². The van der Waals surface area contributed by atoms with Crippen LogP contribution in [0.4, 0.5) is 4.79 Å². The van der Waals surface area contributed by atoms with Crippen LogP contribution in [0.5, 0.6) is 0 Å². The summed E-state index contributed by atoms with van der Waals surface area (Å²) in [6, 6.07) is 4.85. The van der Waals surface area contributed by atoms with Crippen LogP contribution in [-0.2, 0) is 9.53 Å². The van der Waals surface area contributed by atoms with Gasteiger partial charge in [-0.3, -0.25) is 0 Å². The Morgan fingerprint density at radius 2 is 2.25 bits per heavy atom. The molecule has 0 bridgehead atoms.